The van der Waals surface area contributed by atoms with E-state index in [0.29, 0.717) is 34.4 Å². The number of aromatic hydroxyl groups is 2. The Kier molecular flexibility index (Phi) is 8.75. The number of aryl methyl sites for hydroxylation is 1. The molecule has 0 saturated carbocycles. The fourth-order valence-electron chi connectivity index (χ4n) is 4.50. The van der Waals surface area contributed by atoms with E-state index in [2.05, 4.69) is 6.92 Å². The van der Waals surface area contributed by atoms with Gasteiger partial charge in [-0.05, 0) is 70.7 Å². The van der Waals surface area contributed by atoms with E-state index in [1.165, 1.54) is 6.42 Å². The Balaban J connectivity index is 1.96. The van der Waals surface area contributed by atoms with Gasteiger partial charge in [-0.25, -0.2) is 0 Å². The minimum atomic E-state index is -0.252. The van der Waals surface area contributed by atoms with Gasteiger partial charge in [0.05, 0.1) is 11.4 Å². The van der Waals surface area contributed by atoms with Crippen molar-refractivity contribution in [2.75, 3.05) is 11.5 Å². The van der Waals surface area contributed by atoms with Crippen LogP contribution in [0.25, 0.3) is 0 Å². The van der Waals surface area contributed by atoms with Crippen LogP contribution in [0.1, 0.15) is 90.8 Å². The van der Waals surface area contributed by atoms with Gasteiger partial charge in [-0.1, -0.05) is 67.7 Å². The maximum atomic E-state index is 10.5. The zero-order chi connectivity index (χ0) is 28.3. The van der Waals surface area contributed by atoms with Gasteiger partial charge in [-0.3, -0.25) is 0 Å². The van der Waals surface area contributed by atoms with Crippen LogP contribution in [0, 0.1) is 0 Å². The van der Waals surface area contributed by atoms with Crippen molar-refractivity contribution in [3.8, 4) is 34.5 Å². The molecule has 0 unspecified atom stereocenters. The fraction of sp³-hybridized carbons (Fsp3) is 0.438. The molecule has 3 aromatic rings. The number of phenolic OH excluding ortho intramolecular Hbond substituents is 2. The number of phenols is 2. The smallest absolute Gasteiger partial charge is 0.142 e. The van der Waals surface area contributed by atoms with Gasteiger partial charge >= 0.3 is 0 Å². The summed E-state index contributed by atoms with van der Waals surface area (Å²) < 4.78 is 12.5. The lowest BCUT2D eigenvalue weighted by Gasteiger charge is -2.23. The average molecular weight is 521 g/mol. The van der Waals surface area contributed by atoms with E-state index in [4.69, 9.17) is 20.9 Å². The van der Waals surface area contributed by atoms with Crippen LogP contribution in [-0.2, 0) is 17.3 Å². The summed E-state index contributed by atoms with van der Waals surface area (Å²) in [5, 5.41) is 20.9. The summed E-state index contributed by atoms with van der Waals surface area (Å²) in [6.07, 6.45) is 5.29. The van der Waals surface area contributed by atoms with Crippen LogP contribution in [0.2, 0.25) is 0 Å². The third-order valence-electron chi connectivity index (χ3n) is 6.67. The molecule has 3 rings (SSSR count). The van der Waals surface area contributed by atoms with E-state index in [9.17, 15) is 10.2 Å². The summed E-state index contributed by atoms with van der Waals surface area (Å²) in [5.41, 5.74) is 15.2. The Hall–Kier alpha value is -3.54. The van der Waals surface area contributed by atoms with Crippen molar-refractivity contribution in [1.29, 1.82) is 0 Å². The minimum Gasteiger partial charge on any atom is -0.506 e. The normalized spacial score (nSPS) is 12.0. The summed E-state index contributed by atoms with van der Waals surface area (Å²) in [4.78, 5) is 0. The Morgan fingerprint density at radius 3 is 1.68 bits per heavy atom. The SMILES string of the molecule is CCCCCCc1cc(Oc2cc(O)c(N)c(C(C)(C)C)c2)ccc1Oc1cc(O)c(N)c(C(C)(C)C)c1. The highest BCUT2D eigenvalue weighted by atomic mass is 16.5. The topological polar surface area (TPSA) is 111 Å². The van der Waals surface area contributed by atoms with Crippen molar-refractivity contribution in [2.45, 2.75) is 91.4 Å². The van der Waals surface area contributed by atoms with Crippen molar-refractivity contribution in [2.24, 2.45) is 0 Å². The molecule has 0 radical (unpaired) electrons. The Morgan fingerprint density at radius 1 is 0.658 bits per heavy atom. The number of nitrogens with two attached hydrogens (primary N) is 2. The van der Waals surface area contributed by atoms with Gasteiger partial charge in [0, 0.05) is 12.1 Å². The first-order valence-corrected chi connectivity index (χ1v) is 13.4. The van der Waals surface area contributed by atoms with Gasteiger partial charge in [-0.15, -0.1) is 0 Å². The lowest BCUT2D eigenvalue weighted by molar-refractivity contribution is 0.441. The predicted octanol–water partition coefficient (Wildman–Crippen LogP) is 8.56. The standard InChI is InChI=1S/C32H44N2O4/c1-8-9-10-11-12-20-15-21(37-22-16-24(31(2,3)4)29(33)26(35)18-22)13-14-28(20)38-23-17-25(32(5,6)7)30(34)27(36)19-23/h13-19,35-36H,8-12,33-34H2,1-7H3. The third-order valence-corrected chi connectivity index (χ3v) is 6.67. The summed E-state index contributed by atoms with van der Waals surface area (Å²) in [5.74, 6) is 2.41. The fourth-order valence-corrected chi connectivity index (χ4v) is 4.50. The van der Waals surface area contributed by atoms with Crippen LogP contribution >= 0.6 is 0 Å². The Bertz CT molecular complexity index is 1270. The second-order valence-electron chi connectivity index (χ2n) is 12.1. The molecule has 3 aromatic carbocycles. The van der Waals surface area contributed by atoms with Crippen LogP contribution in [0.15, 0.2) is 42.5 Å². The molecule has 6 heteroatoms. The van der Waals surface area contributed by atoms with Crippen molar-refractivity contribution in [3.05, 3.63) is 59.2 Å². The highest BCUT2D eigenvalue weighted by Gasteiger charge is 2.22. The number of benzene rings is 3. The number of unbranched alkanes of at least 4 members (excludes halogenated alkanes) is 3. The number of anilines is 2. The molecule has 0 heterocycles. The molecule has 0 atom stereocenters. The number of hydrogen-bond donors (Lipinski definition) is 4. The van der Waals surface area contributed by atoms with Crippen LogP contribution in [0.3, 0.4) is 0 Å². The zero-order valence-corrected chi connectivity index (χ0v) is 23.9. The van der Waals surface area contributed by atoms with Crippen molar-refractivity contribution >= 4 is 11.4 Å². The van der Waals surface area contributed by atoms with Crippen LogP contribution in [0.5, 0.6) is 34.5 Å². The van der Waals surface area contributed by atoms with E-state index in [1.54, 1.807) is 12.1 Å². The number of rotatable bonds is 9. The van der Waals surface area contributed by atoms with E-state index >= 15 is 0 Å². The molecule has 0 saturated heterocycles. The molecule has 0 aromatic heterocycles. The van der Waals surface area contributed by atoms with Gasteiger partial charge in [0.15, 0.2) is 0 Å². The van der Waals surface area contributed by atoms with Gasteiger partial charge in [-0.2, -0.15) is 0 Å². The van der Waals surface area contributed by atoms with Crippen LogP contribution in [0.4, 0.5) is 11.4 Å². The Labute approximate surface area is 227 Å². The van der Waals surface area contributed by atoms with Gasteiger partial charge in [0.25, 0.3) is 0 Å². The molecule has 0 fully saturated rings. The molecular formula is C32H44N2O4. The summed E-state index contributed by atoms with van der Waals surface area (Å²) in [6.45, 7) is 14.5. The van der Waals surface area contributed by atoms with Crippen LogP contribution in [-0.4, -0.2) is 10.2 Å². The summed E-state index contributed by atoms with van der Waals surface area (Å²) in [6, 6.07) is 12.6. The second kappa shape index (κ2) is 11.5. The Morgan fingerprint density at radius 2 is 1.18 bits per heavy atom. The molecule has 38 heavy (non-hydrogen) atoms. The molecule has 0 aliphatic heterocycles. The molecule has 0 bridgehead atoms. The molecule has 0 aliphatic rings. The maximum Gasteiger partial charge on any atom is 0.142 e. The zero-order valence-electron chi connectivity index (χ0n) is 23.9. The van der Waals surface area contributed by atoms with E-state index in [1.807, 2.05) is 71.9 Å². The number of ether oxygens (including phenoxy) is 2. The average Bonchev–Trinajstić information content (AvgIpc) is 2.81. The van der Waals surface area contributed by atoms with Gasteiger partial charge in [0.2, 0.25) is 0 Å². The van der Waals surface area contributed by atoms with Gasteiger partial charge in [0.1, 0.15) is 34.5 Å². The highest BCUT2D eigenvalue weighted by Crippen LogP contribution is 2.41. The molecule has 6 nitrogen and oxygen atoms in total. The first-order chi connectivity index (χ1) is 17.7. The second-order valence-corrected chi connectivity index (χ2v) is 12.1. The summed E-state index contributed by atoms with van der Waals surface area (Å²) >= 11 is 0. The lowest BCUT2D eigenvalue weighted by Crippen LogP contribution is -2.14. The first kappa shape index (κ1) is 29.0. The molecule has 206 valence electrons. The molecule has 6 N–H and O–H groups in total. The third kappa shape index (κ3) is 7.06. The van der Waals surface area contributed by atoms with E-state index < -0.39 is 0 Å². The molecule has 0 aliphatic carbocycles. The minimum absolute atomic E-state index is 0.00461. The lowest BCUT2D eigenvalue weighted by atomic mass is 9.85. The summed E-state index contributed by atoms with van der Waals surface area (Å²) in [7, 11) is 0. The molecular weight excluding hydrogens is 476 g/mol. The number of hydrogen-bond acceptors (Lipinski definition) is 6. The van der Waals surface area contributed by atoms with Crippen molar-refractivity contribution in [1.82, 2.24) is 0 Å². The number of nitrogen functional groups attached to an aromatic ring is 2. The van der Waals surface area contributed by atoms with Crippen molar-refractivity contribution in [3.63, 3.8) is 0 Å². The maximum absolute atomic E-state index is 10.5. The monoisotopic (exact) mass is 520 g/mol. The van der Waals surface area contributed by atoms with Gasteiger partial charge < -0.3 is 31.2 Å². The van der Waals surface area contributed by atoms with E-state index in [-0.39, 0.29) is 22.3 Å². The largest absolute Gasteiger partial charge is 0.506 e. The quantitative estimate of drug-likeness (QED) is 0.128. The predicted molar refractivity (Wildman–Crippen MR) is 157 cm³/mol. The molecule has 0 spiro atoms. The molecule has 0 amide bonds. The van der Waals surface area contributed by atoms with E-state index in [0.717, 1.165) is 42.4 Å². The van der Waals surface area contributed by atoms with Crippen LogP contribution < -0.4 is 20.9 Å². The first-order valence-electron chi connectivity index (χ1n) is 13.4. The highest BCUT2D eigenvalue weighted by molar-refractivity contribution is 5.64. The van der Waals surface area contributed by atoms with Crippen molar-refractivity contribution < 1.29 is 19.7 Å².